The topological polar surface area (TPSA) is 43.4 Å². The molecule has 1 unspecified atom stereocenters. The molecule has 0 aliphatic heterocycles. The quantitative estimate of drug-likeness (QED) is 0.544. The fourth-order valence-corrected chi connectivity index (χ4v) is 0.495. The number of hydrogen-bond acceptors (Lipinski definition) is 3. The zero-order valence-electron chi connectivity index (χ0n) is 6.22. The average Bonchev–Trinajstić information content (AvgIpc) is 1.99. The van der Waals surface area contributed by atoms with Crippen LogP contribution in [-0.2, 0) is 14.3 Å². The third kappa shape index (κ3) is 4.06. The Hall–Kier alpha value is -0.860. The van der Waals surface area contributed by atoms with Crippen molar-refractivity contribution in [2.24, 2.45) is 5.92 Å². The van der Waals surface area contributed by atoms with Crippen molar-refractivity contribution in [3.05, 3.63) is 0 Å². The highest BCUT2D eigenvalue weighted by molar-refractivity contribution is 5.69. The highest BCUT2D eigenvalue weighted by Gasteiger charge is 2.04. The van der Waals surface area contributed by atoms with E-state index in [9.17, 15) is 9.59 Å². The summed E-state index contributed by atoms with van der Waals surface area (Å²) in [5.41, 5.74) is 0. The summed E-state index contributed by atoms with van der Waals surface area (Å²) >= 11 is 0. The second-order valence-corrected chi connectivity index (χ2v) is 2.13. The molecule has 0 aromatic carbocycles. The van der Waals surface area contributed by atoms with Crippen LogP contribution in [0.15, 0.2) is 0 Å². The predicted molar refractivity (Wildman–Crippen MR) is 36.1 cm³/mol. The van der Waals surface area contributed by atoms with E-state index in [0.29, 0.717) is 12.8 Å². The summed E-state index contributed by atoms with van der Waals surface area (Å²) in [5, 5.41) is 0. The monoisotopic (exact) mass is 143 g/mol. The first kappa shape index (κ1) is 9.14. The van der Waals surface area contributed by atoms with Crippen LogP contribution >= 0.6 is 0 Å². The van der Waals surface area contributed by atoms with E-state index in [1.54, 1.807) is 13.2 Å². The molecule has 3 heteroatoms. The molecule has 0 aromatic heterocycles. The molecule has 0 saturated carbocycles. The Balaban J connectivity index is 3.34. The Labute approximate surface area is 60.4 Å². The van der Waals surface area contributed by atoms with Crippen LogP contribution in [0.5, 0.6) is 0 Å². The molecule has 10 heavy (non-hydrogen) atoms. The van der Waals surface area contributed by atoms with Crippen molar-refractivity contribution < 1.29 is 14.3 Å². The molecule has 0 fully saturated rings. The Morgan fingerprint density at radius 2 is 2.30 bits per heavy atom. The molecule has 0 aliphatic rings. The van der Waals surface area contributed by atoms with Gasteiger partial charge in [0.1, 0.15) is 0 Å². The van der Waals surface area contributed by atoms with Crippen molar-refractivity contribution in [1.29, 1.82) is 0 Å². The Bertz CT molecular complexity index is 120. The van der Waals surface area contributed by atoms with Gasteiger partial charge in [-0.1, -0.05) is 6.92 Å². The number of ether oxygens (including phenoxy) is 1. The first-order valence-corrected chi connectivity index (χ1v) is 3.15. The van der Waals surface area contributed by atoms with Crippen molar-refractivity contribution in [3.8, 4) is 0 Å². The van der Waals surface area contributed by atoms with E-state index in [2.05, 4.69) is 4.74 Å². The van der Waals surface area contributed by atoms with Gasteiger partial charge >= 0.3 is 5.97 Å². The number of methoxy groups -OCH3 is 1. The maximum Gasteiger partial charge on any atom is 0.305 e. The Morgan fingerprint density at radius 1 is 1.70 bits per heavy atom. The lowest BCUT2D eigenvalue weighted by Gasteiger charge is -1.99. The van der Waals surface area contributed by atoms with Crippen LogP contribution in [0.1, 0.15) is 19.8 Å². The molecule has 3 nitrogen and oxygen atoms in total. The van der Waals surface area contributed by atoms with E-state index < -0.39 is 0 Å². The van der Waals surface area contributed by atoms with Gasteiger partial charge in [-0.2, -0.15) is 0 Å². The van der Waals surface area contributed by atoms with E-state index in [4.69, 9.17) is 0 Å². The van der Waals surface area contributed by atoms with E-state index in [1.807, 2.05) is 0 Å². The normalized spacial score (nSPS) is 12.2. The van der Waals surface area contributed by atoms with Crippen molar-refractivity contribution in [2.75, 3.05) is 7.11 Å². The molecule has 1 radical (unpaired) electrons. The standard InChI is InChI=1S/C7H11O3/c1-6(5-8)3-4-7(9)10-2/h6H,3-4H2,1-2H3. The van der Waals surface area contributed by atoms with Crippen LogP contribution in [0.3, 0.4) is 0 Å². The van der Waals surface area contributed by atoms with Gasteiger partial charge in [-0.15, -0.1) is 0 Å². The molecule has 0 saturated heterocycles. The van der Waals surface area contributed by atoms with E-state index >= 15 is 0 Å². The van der Waals surface area contributed by atoms with Crippen molar-refractivity contribution in [2.45, 2.75) is 19.8 Å². The Kier molecular flexibility index (Phi) is 4.54. The Morgan fingerprint density at radius 3 is 2.70 bits per heavy atom. The molecule has 0 N–H and O–H groups in total. The summed E-state index contributed by atoms with van der Waals surface area (Å²) in [4.78, 5) is 20.4. The van der Waals surface area contributed by atoms with Gasteiger partial charge in [0.2, 0.25) is 6.29 Å². The van der Waals surface area contributed by atoms with Crippen LogP contribution in [-0.4, -0.2) is 19.4 Å². The second-order valence-electron chi connectivity index (χ2n) is 2.13. The zero-order valence-corrected chi connectivity index (χ0v) is 6.22. The largest absolute Gasteiger partial charge is 0.469 e. The molecular weight excluding hydrogens is 132 g/mol. The minimum Gasteiger partial charge on any atom is -0.469 e. The maximum absolute atomic E-state index is 10.5. The third-order valence-corrected chi connectivity index (χ3v) is 1.21. The summed E-state index contributed by atoms with van der Waals surface area (Å²) in [6, 6.07) is 0. The van der Waals surface area contributed by atoms with Crippen LogP contribution in [0.4, 0.5) is 0 Å². The van der Waals surface area contributed by atoms with E-state index in [1.165, 1.54) is 7.11 Å². The van der Waals surface area contributed by atoms with Gasteiger partial charge in [0.25, 0.3) is 0 Å². The van der Waals surface area contributed by atoms with Gasteiger partial charge in [0, 0.05) is 12.3 Å². The van der Waals surface area contributed by atoms with Crippen molar-refractivity contribution in [3.63, 3.8) is 0 Å². The molecule has 0 bridgehead atoms. The molecule has 0 amide bonds. The van der Waals surface area contributed by atoms with Crippen molar-refractivity contribution >= 4 is 12.3 Å². The lowest BCUT2D eigenvalue weighted by Crippen LogP contribution is -2.04. The zero-order chi connectivity index (χ0) is 7.98. The van der Waals surface area contributed by atoms with Crippen molar-refractivity contribution in [1.82, 2.24) is 0 Å². The highest BCUT2D eigenvalue weighted by atomic mass is 16.5. The predicted octanol–water partition coefficient (Wildman–Crippen LogP) is 0.685. The molecule has 57 valence electrons. The van der Waals surface area contributed by atoms with Gasteiger partial charge in [0.05, 0.1) is 7.11 Å². The molecule has 0 aliphatic carbocycles. The molecule has 0 heterocycles. The third-order valence-electron chi connectivity index (χ3n) is 1.21. The van der Waals surface area contributed by atoms with Crippen LogP contribution in [0.25, 0.3) is 0 Å². The fraction of sp³-hybridized carbons (Fsp3) is 0.714. The lowest BCUT2D eigenvalue weighted by atomic mass is 10.1. The number of carbonyl (C=O) groups is 1. The summed E-state index contributed by atoms with van der Waals surface area (Å²) in [6.45, 7) is 1.72. The van der Waals surface area contributed by atoms with Gasteiger partial charge in [0.15, 0.2) is 0 Å². The van der Waals surface area contributed by atoms with Gasteiger partial charge in [-0.05, 0) is 6.42 Å². The van der Waals surface area contributed by atoms with Gasteiger partial charge < -0.3 is 4.74 Å². The van der Waals surface area contributed by atoms with Gasteiger partial charge in [-0.3, -0.25) is 9.59 Å². The summed E-state index contributed by atoms with van der Waals surface area (Å²) < 4.78 is 4.38. The highest BCUT2D eigenvalue weighted by Crippen LogP contribution is 2.01. The molecular formula is C7H11O3. The molecule has 0 aromatic rings. The van der Waals surface area contributed by atoms with Crippen LogP contribution in [0, 0.1) is 5.92 Å². The van der Waals surface area contributed by atoms with Crippen LogP contribution < -0.4 is 0 Å². The smallest absolute Gasteiger partial charge is 0.305 e. The van der Waals surface area contributed by atoms with E-state index in [0.717, 1.165) is 0 Å². The lowest BCUT2D eigenvalue weighted by molar-refractivity contribution is -0.140. The fourth-order valence-electron chi connectivity index (χ4n) is 0.495. The maximum atomic E-state index is 10.5. The summed E-state index contributed by atoms with van der Waals surface area (Å²) in [7, 11) is 1.33. The van der Waals surface area contributed by atoms with E-state index in [-0.39, 0.29) is 11.9 Å². The summed E-state index contributed by atoms with van der Waals surface area (Å²) in [5.74, 6) is -0.443. The first-order valence-electron chi connectivity index (χ1n) is 3.15. The molecule has 1 atom stereocenters. The van der Waals surface area contributed by atoms with Gasteiger partial charge in [-0.25, -0.2) is 0 Å². The number of rotatable bonds is 4. The number of esters is 1. The molecule has 0 rings (SSSR count). The summed E-state index contributed by atoms with van der Waals surface area (Å²) in [6.07, 6.45) is 2.61. The molecule has 0 spiro atoms. The minimum absolute atomic E-state index is 0.168. The minimum atomic E-state index is -0.276. The van der Waals surface area contributed by atoms with Crippen LogP contribution in [0.2, 0.25) is 0 Å². The number of hydrogen-bond donors (Lipinski definition) is 0. The average molecular weight is 143 g/mol. The number of carbonyl (C=O) groups excluding carboxylic acids is 2. The first-order chi connectivity index (χ1) is 4.70. The second kappa shape index (κ2) is 4.97. The SMILES string of the molecule is COC(=O)CCC(C)[C]=O.